The van der Waals surface area contributed by atoms with Crippen LogP contribution in [-0.2, 0) is 0 Å². The minimum atomic E-state index is 0.0359. The van der Waals surface area contributed by atoms with Gasteiger partial charge in [0.15, 0.2) is 0 Å². The first-order valence-corrected chi connectivity index (χ1v) is 17.8. The average Bonchev–Trinajstić information content (AvgIpc) is 3.38. The van der Waals surface area contributed by atoms with Crippen LogP contribution in [0.3, 0.4) is 0 Å². The molecule has 2 heterocycles. The number of pyridine rings is 1. The molecule has 0 aliphatic heterocycles. The Labute approximate surface area is 291 Å². The zero-order valence-corrected chi connectivity index (χ0v) is 28.7. The molecule has 8 rings (SSSR count). The maximum atomic E-state index is 4.95. The molecular formula is C47H44N2. The van der Waals surface area contributed by atoms with E-state index in [-0.39, 0.29) is 5.41 Å². The average molecular weight is 637 g/mol. The van der Waals surface area contributed by atoms with E-state index in [2.05, 4.69) is 153 Å². The Balaban J connectivity index is 1.21. The Morgan fingerprint density at radius 3 is 2.59 bits per heavy atom. The van der Waals surface area contributed by atoms with E-state index in [4.69, 9.17) is 4.98 Å². The van der Waals surface area contributed by atoms with Crippen LogP contribution in [0.15, 0.2) is 158 Å². The van der Waals surface area contributed by atoms with E-state index in [9.17, 15) is 0 Å². The predicted molar refractivity (Wildman–Crippen MR) is 210 cm³/mol. The molecule has 2 aromatic heterocycles. The first-order valence-electron chi connectivity index (χ1n) is 17.8. The summed E-state index contributed by atoms with van der Waals surface area (Å²) >= 11 is 0. The summed E-state index contributed by atoms with van der Waals surface area (Å²) in [4.78, 5) is 4.95. The molecule has 0 amide bonds. The minimum Gasteiger partial charge on any atom is -0.311 e. The lowest BCUT2D eigenvalue weighted by molar-refractivity contribution is 0.262. The number of fused-ring (bicyclic) bond motifs is 8. The standard InChI is InChI=1S/C47H44N2/c1-5-14-33(26-27-41-32(2)47(3,4)39-18-12-11-16-37(41)30-39)34-22-24-35(25-23-34)42-31-44-45(38-17-10-9-15-36(42)29-38)46-43(21-13-28-48-46)49(44)40-19-7-6-8-20-40/h5-7,9-13,15-19,21-28,31,37,39H,1-2,8,14,20,29-30H2,3-4H3/b33-26+,41-27+. The predicted octanol–water partition coefficient (Wildman–Crippen LogP) is 12.3. The lowest BCUT2D eigenvalue weighted by Gasteiger charge is -2.43. The molecule has 5 aliphatic carbocycles. The van der Waals surface area contributed by atoms with Crippen molar-refractivity contribution in [2.45, 2.75) is 46.0 Å². The van der Waals surface area contributed by atoms with Crippen molar-refractivity contribution in [3.8, 4) is 0 Å². The molecule has 0 radical (unpaired) electrons. The normalized spacial score (nSPS) is 23.3. The number of hydrogen-bond donors (Lipinski definition) is 0. The van der Waals surface area contributed by atoms with Gasteiger partial charge in [-0.05, 0) is 112 Å². The third-order valence-corrected chi connectivity index (χ3v) is 11.2. The van der Waals surface area contributed by atoms with Crippen LogP contribution in [-0.4, -0.2) is 9.55 Å². The maximum Gasteiger partial charge on any atom is 0.0966 e. The number of aromatic nitrogens is 2. The fraction of sp³-hybridized carbons (Fsp3) is 0.213. The lowest BCUT2D eigenvalue weighted by Crippen LogP contribution is -2.33. The maximum absolute atomic E-state index is 4.95. The van der Waals surface area contributed by atoms with Gasteiger partial charge in [0.2, 0.25) is 0 Å². The summed E-state index contributed by atoms with van der Waals surface area (Å²) in [5.41, 5.74) is 16.3. The number of nitrogens with zero attached hydrogens (tertiary/aromatic N) is 2. The van der Waals surface area contributed by atoms with Gasteiger partial charge in [0.25, 0.3) is 0 Å². The largest absolute Gasteiger partial charge is 0.311 e. The van der Waals surface area contributed by atoms with Crippen molar-refractivity contribution in [1.29, 1.82) is 0 Å². The van der Waals surface area contributed by atoms with Crippen LogP contribution in [0.2, 0.25) is 0 Å². The van der Waals surface area contributed by atoms with Crippen molar-refractivity contribution in [3.63, 3.8) is 0 Å². The lowest BCUT2D eigenvalue weighted by atomic mass is 9.61. The van der Waals surface area contributed by atoms with Crippen LogP contribution < -0.4 is 0 Å². The van der Waals surface area contributed by atoms with E-state index in [1.54, 1.807) is 0 Å². The van der Waals surface area contributed by atoms with Crippen LogP contribution >= 0.6 is 0 Å². The fourth-order valence-electron chi connectivity index (χ4n) is 8.32. The zero-order chi connectivity index (χ0) is 33.5. The summed E-state index contributed by atoms with van der Waals surface area (Å²) in [7, 11) is 0. The summed E-state index contributed by atoms with van der Waals surface area (Å²) in [6, 6.07) is 13.5. The Morgan fingerprint density at radius 1 is 0.980 bits per heavy atom. The molecule has 0 saturated heterocycles. The van der Waals surface area contributed by atoms with Crippen LogP contribution in [0.4, 0.5) is 0 Å². The van der Waals surface area contributed by atoms with E-state index < -0.39 is 0 Å². The summed E-state index contributed by atoms with van der Waals surface area (Å²) in [5.74, 6) is 0.901. The molecule has 242 valence electrons. The number of hydrogen-bond acceptors (Lipinski definition) is 1. The van der Waals surface area contributed by atoms with Gasteiger partial charge in [-0.2, -0.15) is 0 Å². The van der Waals surface area contributed by atoms with Gasteiger partial charge in [0.05, 0.1) is 16.7 Å². The fourth-order valence-corrected chi connectivity index (χ4v) is 8.32. The van der Waals surface area contributed by atoms with Crippen molar-refractivity contribution in [3.05, 3.63) is 180 Å². The highest BCUT2D eigenvalue weighted by atomic mass is 15.0. The van der Waals surface area contributed by atoms with Crippen LogP contribution in [0.25, 0.3) is 39.5 Å². The van der Waals surface area contributed by atoms with Crippen molar-refractivity contribution >= 4 is 39.5 Å². The number of benzene rings is 1. The summed E-state index contributed by atoms with van der Waals surface area (Å²) < 4.78 is 2.46. The molecule has 2 heteroatoms. The van der Waals surface area contributed by atoms with E-state index >= 15 is 0 Å². The van der Waals surface area contributed by atoms with Crippen LogP contribution in [0.1, 0.15) is 68.3 Å². The monoisotopic (exact) mass is 636 g/mol. The Kier molecular flexibility index (Phi) is 8.04. The molecule has 4 bridgehead atoms. The summed E-state index contributed by atoms with van der Waals surface area (Å²) in [5, 5.41) is 0. The molecule has 49 heavy (non-hydrogen) atoms. The SMILES string of the molecule is C=CC/C(=C\C=C1/C(=C)C(C)(C)C2C=CC=CC1C2)c1ccc(C2=Cc3c(c4ncccc4n3C3=CC=CCC3)C3=CC=CC=C2C3)cc1. The molecule has 2 unspecified atom stereocenters. The van der Waals surface area contributed by atoms with E-state index in [0.717, 1.165) is 37.6 Å². The van der Waals surface area contributed by atoms with Crippen molar-refractivity contribution in [2.24, 2.45) is 17.3 Å². The topological polar surface area (TPSA) is 17.8 Å². The molecule has 2 nitrogen and oxygen atoms in total. The molecule has 1 aromatic carbocycles. The third kappa shape index (κ3) is 5.50. The van der Waals surface area contributed by atoms with Gasteiger partial charge in [-0.1, -0.05) is 124 Å². The molecular weight excluding hydrogens is 593 g/mol. The van der Waals surface area contributed by atoms with Crippen molar-refractivity contribution in [1.82, 2.24) is 9.55 Å². The first-order chi connectivity index (χ1) is 23.9. The van der Waals surface area contributed by atoms with Gasteiger partial charge in [0.1, 0.15) is 0 Å². The molecule has 0 N–H and O–H groups in total. The molecule has 1 saturated carbocycles. The highest BCUT2D eigenvalue weighted by Crippen LogP contribution is 2.51. The van der Waals surface area contributed by atoms with E-state index in [0.29, 0.717) is 11.8 Å². The summed E-state index contributed by atoms with van der Waals surface area (Å²) in [6.45, 7) is 13.4. The van der Waals surface area contributed by atoms with Gasteiger partial charge >= 0.3 is 0 Å². The van der Waals surface area contributed by atoms with Crippen molar-refractivity contribution < 1.29 is 0 Å². The van der Waals surface area contributed by atoms with Crippen LogP contribution in [0, 0.1) is 17.3 Å². The van der Waals surface area contributed by atoms with Crippen LogP contribution in [0.5, 0.6) is 0 Å². The molecule has 1 fully saturated rings. The first kappa shape index (κ1) is 31.1. The Morgan fingerprint density at radius 2 is 1.80 bits per heavy atom. The van der Waals surface area contributed by atoms with E-state index in [1.165, 1.54) is 67.0 Å². The van der Waals surface area contributed by atoms with Gasteiger partial charge in [0, 0.05) is 23.4 Å². The van der Waals surface area contributed by atoms with Gasteiger partial charge in [-0.15, -0.1) is 6.58 Å². The van der Waals surface area contributed by atoms with Gasteiger partial charge in [-0.3, -0.25) is 4.98 Å². The third-order valence-electron chi connectivity index (χ3n) is 11.2. The second-order valence-corrected chi connectivity index (χ2v) is 14.4. The number of allylic oxidation sites excluding steroid dienone is 21. The van der Waals surface area contributed by atoms with E-state index in [1.807, 2.05) is 12.3 Å². The molecule has 5 aliphatic rings. The highest BCUT2D eigenvalue weighted by Gasteiger charge is 2.40. The highest BCUT2D eigenvalue weighted by molar-refractivity contribution is 6.05. The smallest absolute Gasteiger partial charge is 0.0966 e. The molecule has 0 spiro atoms. The second-order valence-electron chi connectivity index (χ2n) is 14.4. The minimum absolute atomic E-state index is 0.0359. The zero-order valence-electron chi connectivity index (χ0n) is 28.7. The van der Waals surface area contributed by atoms with Crippen molar-refractivity contribution in [2.75, 3.05) is 0 Å². The quantitative estimate of drug-likeness (QED) is 0.246. The Bertz CT molecular complexity index is 2190. The van der Waals surface area contributed by atoms with Gasteiger partial charge < -0.3 is 4.57 Å². The number of rotatable bonds is 6. The van der Waals surface area contributed by atoms with Gasteiger partial charge in [-0.25, -0.2) is 0 Å². The summed E-state index contributed by atoms with van der Waals surface area (Å²) in [6.07, 6.45) is 40.6. The second kappa shape index (κ2) is 12.7. The Hall–Kier alpha value is -5.21. The molecule has 2 atom stereocenters. The molecule has 3 aromatic rings.